The summed E-state index contributed by atoms with van der Waals surface area (Å²) in [6.45, 7) is 0. The summed E-state index contributed by atoms with van der Waals surface area (Å²) in [4.78, 5) is 4.69. The number of aryl methyl sites for hydroxylation is 1. The number of rotatable bonds is 2. The van der Waals surface area contributed by atoms with Crippen LogP contribution in [0.15, 0.2) is 18.2 Å². The van der Waals surface area contributed by atoms with Crippen molar-refractivity contribution in [3.63, 3.8) is 0 Å². The molecule has 1 heterocycles. The standard InChI is InChI=1S/C12H14N2S/c1-14-11-6-8(7-15)2-5-10(11)13-12(14)9-3-4-9/h2,5-6,9,15H,3-4,7H2,1H3. The number of thiol groups is 1. The highest BCUT2D eigenvalue weighted by molar-refractivity contribution is 7.79. The van der Waals surface area contributed by atoms with Gasteiger partial charge in [-0.25, -0.2) is 4.98 Å². The quantitative estimate of drug-likeness (QED) is 0.767. The number of nitrogens with zero attached hydrogens (tertiary/aromatic N) is 2. The maximum atomic E-state index is 4.69. The molecule has 3 rings (SSSR count). The second-order valence-electron chi connectivity index (χ2n) is 4.28. The molecule has 0 atom stereocenters. The van der Waals surface area contributed by atoms with Gasteiger partial charge in [0.2, 0.25) is 0 Å². The molecule has 0 saturated heterocycles. The van der Waals surface area contributed by atoms with Crippen molar-refractivity contribution in [1.82, 2.24) is 9.55 Å². The Labute approximate surface area is 94.7 Å². The summed E-state index contributed by atoms with van der Waals surface area (Å²) in [6, 6.07) is 6.41. The van der Waals surface area contributed by atoms with Crippen LogP contribution in [0.5, 0.6) is 0 Å². The van der Waals surface area contributed by atoms with E-state index >= 15 is 0 Å². The van der Waals surface area contributed by atoms with E-state index in [1.165, 1.54) is 29.7 Å². The number of hydrogen-bond donors (Lipinski definition) is 1. The van der Waals surface area contributed by atoms with E-state index in [0.29, 0.717) is 5.92 Å². The van der Waals surface area contributed by atoms with Crippen LogP contribution < -0.4 is 0 Å². The summed E-state index contributed by atoms with van der Waals surface area (Å²) in [7, 11) is 2.12. The van der Waals surface area contributed by atoms with Crippen molar-refractivity contribution >= 4 is 23.7 Å². The van der Waals surface area contributed by atoms with Gasteiger partial charge in [0.15, 0.2) is 0 Å². The minimum absolute atomic E-state index is 0.710. The molecule has 3 heteroatoms. The Kier molecular flexibility index (Phi) is 2.02. The van der Waals surface area contributed by atoms with Crippen LogP contribution in [-0.4, -0.2) is 9.55 Å². The summed E-state index contributed by atoms with van der Waals surface area (Å²) >= 11 is 4.30. The lowest BCUT2D eigenvalue weighted by molar-refractivity contribution is 0.820. The summed E-state index contributed by atoms with van der Waals surface area (Å²) in [5.41, 5.74) is 3.62. The van der Waals surface area contributed by atoms with Crippen molar-refractivity contribution in [2.75, 3.05) is 0 Å². The maximum Gasteiger partial charge on any atom is 0.112 e. The second-order valence-corrected chi connectivity index (χ2v) is 4.60. The molecule has 0 amide bonds. The number of fused-ring (bicyclic) bond motifs is 1. The number of hydrogen-bond acceptors (Lipinski definition) is 2. The van der Waals surface area contributed by atoms with Crippen molar-refractivity contribution in [3.05, 3.63) is 29.6 Å². The van der Waals surface area contributed by atoms with Gasteiger partial charge in [0.1, 0.15) is 5.82 Å². The molecule has 2 aromatic rings. The Morgan fingerprint density at radius 1 is 1.47 bits per heavy atom. The zero-order valence-electron chi connectivity index (χ0n) is 8.77. The third-order valence-corrected chi connectivity index (χ3v) is 3.47. The molecule has 1 aromatic carbocycles. The van der Waals surface area contributed by atoms with Gasteiger partial charge in [-0.15, -0.1) is 0 Å². The smallest absolute Gasteiger partial charge is 0.112 e. The molecule has 15 heavy (non-hydrogen) atoms. The van der Waals surface area contributed by atoms with Gasteiger partial charge >= 0.3 is 0 Å². The van der Waals surface area contributed by atoms with E-state index in [1.54, 1.807) is 0 Å². The summed E-state index contributed by atoms with van der Waals surface area (Å²) in [5, 5.41) is 0. The van der Waals surface area contributed by atoms with E-state index in [9.17, 15) is 0 Å². The number of aromatic nitrogens is 2. The van der Waals surface area contributed by atoms with E-state index in [0.717, 1.165) is 11.3 Å². The van der Waals surface area contributed by atoms with Gasteiger partial charge in [0.25, 0.3) is 0 Å². The Morgan fingerprint density at radius 2 is 2.27 bits per heavy atom. The first-order valence-corrected chi connectivity index (χ1v) is 5.99. The highest BCUT2D eigenvalue weighted by atomic mass is 32.1. The van der Waals surface area contributed by atoms with Crippen LogP contribution >= 0.6 is 12.6 Å². The molecule has 0 aliphatic heterocycles. The molecule has 0 spiro atoms. The van der Waals surface area contributed by atoms with Crippen LogP contribution in [0.4, 0.5) is 0 Å². The Balaban J connectivity index is 2.21. The monoisotopic (exact) mass is 218 g/mol. The maximum absolute atomic E-state index is 4.69. The van der Waals surface area contributed by atoms with E-state index < -0.39 is 0 Å². The predicted molar refractivity (Wildman–Crippen MR) is 65.4 cm³/mol. The van der Waals surface area contributed by atoms with Crippen molar-refractivity contribution in [1.29, 1.82) is 0 Å². The van der Waals surface area contributed by atoms with Crippen LogP contribution in [0.3, 0.4) is 0 Å². The molecule has 0 bridgehead atoms. The topological polar surface area (TPSA) is 17.8 Å². The molecule has 2 nitrogen and oxygen atoms in total. The Bertz CT molecular complexity index is 512. The number of imidazole rings is 1. The molecule has 78 valence electrons. The van der Waals surface area contributed by atoms with Crippen molar-refractivity contribution < 1.29 is 0 Å². The van der Waals surface area contributed by atoms with Crippen LogP contribution in [0.1, 0.15) is 30.1 Å². The van der Waals surface area contributed by atoms with Crippen molar-refractivity contribution in [2.24, 2.45) is 7.05 Å². The highest BCUT2D eigenvalue weighted by Gasteiger charge is 2.28. The summed E-state index contributed by atoms with van der Waals surface area (Å²) in [5.74, 6) is 2.75. The lowest BCUT2D eigenvalue weighted by Crippen LogP contribution is -1.94. The minimum Gasteiger partial charge on any atom is -0.331 e. The van der Waals surface area contributed by atoms with Gasteiger partial charge in [-0.3, -0.25) is 0 Å². The van der Waals surface area contributed by atoms with E-state index in [1.807, 2.05) is 0 Å². The molecule has 1 aromatic heterocycles. The fraction of sp³-hybridized carbons (Fsp3) is 0.417. The van der Waals surface area contributed by atoms with Gasteiger partial charge in [-0.1, -0.05) is 6.07 Å². The van der Waals surface area contributed by atoms with Crippen molar-refractivity contribution in [3.8, 4) is 0 Å². The minimum atomic E-state index is 0.710. The van der Waals surface area contributed by atoms with Crippen LogP contribution in [0, 0.1) is 0 Å². The third-order valence-electron chi connectivity index (χ3n) is 3.10. The van der Waals surface area contributed by atoms with Gasteiger partial charge in [0.05, 0.1) is 11.0 Å². The molecule has 0 radical (unpaired) electrons. The summed E-state index contributed by atoms with van der Waals surface area (Å²) < 4.78 is 2.24. The third kappa shape index (κ3) is 1.46. The van der Waals surface area contributed by atoms with Gasteiger partial charge in [-0.05, 0) is 30.5 Å². The molecule has 1 saturated carbocycles. The SMILES string of the molecule is Cn1c(C2CC2)nc2ccc(CS)cc21. The highest BCUT2D eigenvalue weighted by Crippen LogP contribution is 2.40. The average Bonchev–Trinajstić information content (AvgIpc) is 3.05. The van der Waals surface area contributed by atoms with Crippen LogP contribution in [0.2, 0.25) is 0 Å². The Morgan fingerprint density at radius 3 is 2.93 bits per heavy atom. The van der Waals surface area contributed by atoms with Gasteiger partial charge in [0, 0.05) is 18.7 Å². The zero-order valence-corrected chi connectivity index (χ0v) is 9.67. The number of benzene rings is 1. The molecule has 1 aliphatic carbocycles. The first-order chi connectivity index (χ1) is 7.29. The van der Waals surface area contributed by atoms with Crippen LogP contribution in [-0.2, 0) is 12.8 Å². The molecular formula is C12H14N2S. The molecule has 1 fully saturated rings. The van der Waals surface area contributed by atoms with Crippen molar-refractivity contribution in [2.45, 2.75) is 24.5 Å². The molecule has 1 aliphatic rings. The average molecular weight is 218 g/mol. The van der Waals surface area contributed by atoms with E-state index in [2.05, 4.69) is 47.4 Å². The Hall–Kier alpha value is -0.960. The van der Waals surface area contributed by atoms with Gasteiger partial charge < -0.3 is 4.57 Å². The first-order valence-electron chi connectivity index (χ1n) is 5.35. The normalized spacial score (nSPS) is 16.1. The summed E-state index contributed by atoms with van der Waals surface area (Å²) in [6.07, 6.45) is 2.60. The van der Waals surface area contributed by atoms with E-state index in [4.69, 9.17) is 0 Å². The first kappa shape index (κ1) is 9.28. The fourth-order valence-corrected chi connectivity index (χ4v) is 2.26. The second kappa shape index (κ2) is 3.27. The van der Waals surface area contributed by atoms with Gasteiger partial charge in [-0.2, -0.15) is 12.6 Å². The van der Waals surface area contributed by atoms with Crippen LogP contribution in [0.25, 0.3) is 11.0 Å². The molecule has 0 unspecified atom stereocenters. The zero-order chi connectivity index (χ0) is 10.4. The van der Waals surface area contributed by atoms with E-state index in [-0.39, 0.29) is 0 Å². The molecule has 0 N–H and O–H groups in total. The molecular weight excluding hydrogens is 204 g/mol. The lowest BCUT2D eigenvalue weighted by Gasteiger charge is -2.00. The predicted octanol–water partition coefficient (Wildman–Crippen LogP) is 2.88. The fourth-order valence-electron chi connectivity index (χ4n) is 2.06. The lowest BCUT2D eigenvalue weighted by atomic mass is 10.2. The largest absolute Gasteiger partial charge is 0.331 e.